The van der Waals surface area contributed by atoms with Gasteiger partial charge in [-0.2, -0.15) is 26.9 Å². The van der Waals surface area contributed by atoms with Crippen LogP contribution in [-0.4, -0.2) is 29.3 Å². The number of nitriles is 1. The molecule has 0 atom stereocenters. The largest absolute Gasteiger partial charge is 0.534 e. The Labute approximate surface area is 169 Å². The summed E-state index contributed by atoms with van der Waals surface area (Å²) in [6.45, 7) is 0. The summed E-state index contributed by atoms with van der Waals surface area (Å²) < 4.78 is 65.8. The van der Waals surface area contributed by atoms with Crippen LogP contribution < -0.4 is 9.41 Å². The van der Waals surface area contributed by atoms with Gasteiger partial charge < -0.3 is 4.18 Å². The van der Waals surface area contributed by atoms with Gasteiger partial charge >= 0.3 is 15.6 Å². The molecule has 30 heavy (non-hydrogen) atoms. The fraction of sp³-hybridized carbons (Fsp3) is 0.333. The monoisotopic (exact) mass is 443 g/mol. The van der Waals surface area contributed by atoms with E-state index in [4.69, 9.17) is 10.4 Å². The minimum atomic E-state index is -6.03. The van der Waals surface area contributed by atoms with Crippen LogP contribution >= 0.6 is 0 Å². The third-order valence-corrected chi connectivity index (χ3v) is 5.72. The lowest BCUT2D eigenvalue weighted by atomic mass is 9.95. The van der Waals surface area contributed by atoms with Crippen LogP contribution in [0.3, 0.4) is 0 Å². The zero-order chi connectivity index (χ0) is 22.1. The minimum absolute atomic E-state index is 0.00143. The number of anilines is 1. The highest BCUT2D eigenvalue weighted by Gasteiger charge is 2.49. The van der Waals surface area contributed by atoms with Gasteiger partial charge in [-0.15, -0.1) is 5.23 Å². The van der Waals surface area contributed by atoms with E-state index in [9.17, 15) is 26.9 Å². The number of rotatable bonds is 5. The molecule has 12 heteroatoms. The summed E-state index contributed by atoms with van der Waals surface area (Å²) in [6, 6.07) is 8.55. The molecule has 0 radical (unpaired) electrons. The van der Waals surface area contributed by atoms with Gasteiger partial charge in [0.2, 0.25) is 0 Å². The van der Waals surface area contributed by atoms with Crippen LogP contribution in [0.4, 0.5) is 18.9 Å². The molecule has 0 unspecified atom stereocenters. The van der Waals surface area contributed by atoms with Crippen LogP contribution in [0.15, 0.2) is 30.3 Å². The van der Waals surface area contributed by atoms with Crippen molar-refractivity contribution in [2.75, 3.05) is 5.23 Å². The third kappa shape index (κ3) is 4.33. The molecular formula is C18H16F3N3O5S. The number of hydrogen-bond acceptors (Lipinski definition) is 8. The topological polar surface area (TPSA) is 124 Å². The van der Waals surface area contributed by atoms with Crippen LogP contribution in [0.25, 0.3) is 11.1 Å². The molecule has 2 aromatic rings. The van der Waals surface area contributed by atoms with Gasteiger partial charge in [0.15, 0.2) is 0 Å². The van der Waals surface area contributed by atoms with Crippen molar-refractivity contribution in [1.82, 2.24) is 4.98 Å². The van der Waals surface area contributed by atoms with Crippen molar-refractivity contribution in [1.29, 1.82) is 5.26 Å². The van der Waals surface area contributed by atoms with Crippen molar-refractivity contribution < 1.29 is 36.2 Å². The molecular weight excluding hydrogens is 427 g/mol. The Balaban J connectivity index is 2.17. The zero-order valence-electron chi connectivity index (χ0n) is 15.3. The summed E-state index contributed by atoms with van der Waals surface area (Å²) in [4.78, 5) is 3.94. The lowest BCUT2D eigenvalue weighted by Gasteiger charge is -2.17. The number of benzene rings is 1. The van der Waals surface area contributed by atoms with E-state index < -0.39 is 27.1 Å². The van der Waals surface area contributed by atoms with Gasteiger partial charge in [0.05, 0.1) is 5.69 Å². The SMILES string of the molecule is N#Cc1c(-c2ccc(N(O)O)cc2)cc(C2CCCC2)nc1OS(=O)(=O)C(F)(F)F. The van der Waals surface area contributed by atoms with Crippen molar-refractivity contribution in [3.05, 3.63) is 41.6 Å². The normalized spacial score (nSPS) is 15.1. The second-order valence-electron chi connectivity index (χ2n) is 6.69. The molecule has 1 heterocycles. The van der Waals surface area contributed by atoms with E-state index in [1.807, 2.05) is 0 Å². The highest BCUT2D eigenvalue weighted by Crippen LogP contribution is 2.39. The predicted octanol–water partition coefficient (Wildman–Crippen LogP) is 4.09. The number of aromatic nitrogens is 1. The van der Waals surface area contributed by atoms with Crippen LogP contribution in [0.2, 0.25) is 0 Å². The van der Waals surface area contributed by atoms with Gasteiger partial charge in [0.1, 0.15) is 11.6 Å². The number of hydrogen-bond donors (Lipinski definition) is 2. The summed E-state index contributed by atoms with van der Waals surface area (Å²) in [5.41, 5.74) is -5.40. The molecule has 3 rings (SSSR count). The van der Waals surface area contributed by atoms with E-state index in [1.54, 1.807) is 6.07 Å². The van der Waals surface area contributed by atoms with Crippen molar-refractivity contribution in [2.45, 2.75) is 37.1 Å². The Hall–Kier alpha value is -2.88. The second kappa shape index (κ2) is 8.10. The number of pyridine rings is 1. The van der Waals surface area contributed by atoms with Crippen molar-refractivity contribution >= 4 is 15.8 Å². The third-order valence-electron chi connectivity index (χ3n) is 4.77. The molecule has 8 nitrogen and oxygen atoms in total. The van der Waals surface area contributed by atoms with Crippen molar-refractivity contribution in [3.8, 4) is 23.1 Å². The van der Waals surface area contributed by atoms with E-state index in [-0.39, 0.29) is 22.4 Å². The predicted molar refractivity (Wildman–Crippen MR) is 97.3 cm³/mol. The second-order valence-corrected chi connectivity index (χ2v) is 8.23. The zero-order valence-corrected chi connectivity index (χ0v) is 16.1. The molecule has 2 N–H and O–H groups in total. The highest BCUT2D eigenvalue weighted by molar-refractivity contribution is 7.87. The van der Waals surface area contributed by atoms with E-state index in [0.717, 1.165) is 12.8 Å². The number of nitrogens with zero attached hydrogens (tertiary/aromatic N) is 3. The fourth-order valence-corrected chi connectivity index (χ4v) is 3.72. The Kier molecular flexibility index (Phi) is 5.89. The van der Waals surface area contributed by atoms with E-state index in [0.29, 0.717) is 24.1 Å². The van der Waals surface area contributed by atoms with E-state index in [2.05, 4.69) is 9.17 Å². The summed E-state index contributed by atoms with van der Waals surface area (Å²) in [6.07, 6.45) is 3.20. The lowest BCUT2D eigenvalue weighted by Crippen LogP contribution is -2.28. The van der Waals surface area contributed by atoms with Crippen LogP contribution in [-0.2, 0) is 10.1 Å². The first-order chi connectivity index (χ1) is 14.0. The molecule has 1 fully saturated rings. The summed E-state index contributed by atoms with van der Waals surface area (Å²) in [5, 5.41) is 27.5. The fourth-order valence-electron chi connectivity index (χ4n) is 3.29. The molecule has 0 spiro atoms. The Morgan fingerprint density at radius 3 is 2.27 bits per heavy atom. The quantitative estimate of drug-likeness (QED) is 0.402. The maximum Gasteiger partial charge on any atom is 0.534 e. The lowest BCUT2D eigenvalue weighted by molar-refractivity contribution is -0.0501. The Morgan fingerprint density at radius 1 is 1.17 bits per heavy atom. The first-order valence-electron chi connectivity index (χ1n) is 8.77. The van der Waals surface area contributed by atoms with Gasteiger partial charge in [-0.1, -0.05) is 25.0 Å². The summed E-state index contributed by atoms with van der Waals surface area (Å²) in [7, 11) is -6.03. The Bertz CT molecular complexity index is 1070. The first-order valence-corrected chi connectivity index (χ1v) is 10.2. The first kappa shape index (κ1) is 21.8. The van der Waals surface area contributed by atoms with Gasteiger partial charge in [0, 0.05) is 17.2 Å². The van der Waals surface area contributed by atoms with Gasteiger partial charge in [-0.05, 0) is 36.6 Å². The van der Waals surface area contributed by atoms with Gasteiger partial charge in [0.25, 0.3) is 5.88 Å². The molecule has 160 valence electrons. The number of alkyl halides is 3. The maximum atomic E-state index is 12.8. The minimum Gasteiger partial charge on any atom is -0.354 e. The van der Waals surface area contributed by atoms with Gasteiger partial charge in [-0.25, -0.2) is 4.98 Å². The van der Waals surface area contributed by atoms with E-state index in [1.165, 1.54) is 30.3 Å². The summed E-state index contributed by atoms with van der Waals surface area (Å²) in [5.74, 6) is -1.05. The van der Waals surface area contributed by atoms with Crippen LogP contribution in [0.1, 0.15) is 42.9 Å². The maximum absolute atomic E-state index is 12.8. The standard InChI is InChI=1S/C18H16F3N3O5S/c19-18(20,21)30(27,28)29-17-15(10-22)14(9-16(23-17)12-3-1-2-4-12)11-5-7-13(8-6-11)24(25)26/h5-9,12,25-26H,1-4H2. The molecule has 0 bridgehead atoms. The molecule has 1 aliphatic rings. The molecule has 1 aromatic carbocycles. The highest BCUT2D eigenvalue weighted by atomic mass is 32.2. The average Bonchev–Trinajstić information content (AvgIpc) is 3.21. The molecule has 1 aromatic heterocycles. The molecule has 0 saturated heterocycles. The smallest absolute Gasteiger partial charge is 0.354 e. The molecule has 1 saturated carbocycles. The van der Waals surface area contributed by atoms with Crippen molar-refractivity contribution in [3.63, 3.8) is 0 Å². The number of halogens is 3. The van der Waals surface area contributed by atoms with Crippen LogP contribution in [0.5, 0.6) is 5.88 Å². The van der Waals surface area contributed by atoms with Crippen LogP contribution in [0, 0.1) is 11.3 Å². The van der Waals surface area contributed by atoms with Gasteiger partial charge in [-0.3, -0.25) is 10.4 Å². The van der Waals surface area contributed by atoms with Crippen molar-refractivity contribution in [2.24, 2.45) is 0 Å². The Morgan fingerprint density at radius 2 is 1.77 bits per heavy atom. The summed E-state index contributed by atoms with van der Waals surface area (Å²) >= 11 is 0. The average molecular weight is 443 g/mol. The molecule has 1 aliphatic carbocycles. The molecule has 0 aliphatic heterocycles. The van der Waals surface area contributed by atoms with E-state index >= 15 is 0 Å². The molecule has 0 amide bonds.